The number of carbonyl (C=O) groups is 1. The predicted octanol–water partition coefficient (Wildman–Crippen LogP) is 4.48. The predicted molar refractivity (Wildman–Crippen MR) is 108 cm³/mol. The largest absolute Gasteiger partial charge is 0.353 e. The molecule has 2 heterocycles. The number of carbonyl (C=O) groups excluding carboxylic acids is 1. The van der Waals surface area contributed by atoms with Crippen LogP contribution in [0.5, 0.6) is 0 Å². The van der Waals surface area contributed by atoms with E-state index in [4.69, 9.17) is 0 Å². The molecule has 1 saturated carbocycles. The fraction of sp³-hybridized carbons (Fsp3) is 0.273. The van der Waals surface area contributed by atoms with Crippen LogP contribution in [0.3, 0.4) is 0 Å². The van der Waals surface area contributed by atoms with E-state index in [1.54, 1.807) is 0 Å². The molecule has 5 heteroatoms. The Morgan fingerprint density at radius 3 is 2.74 bits per heavy atom. The third kappa shape index (κ3) is 2.72. The zero-order chi connectivity index (χ0) is 18.4. The van der Waals surface area contributed by atoms with Gasteiger partial charge in [0, 0.05) is 34.9 Å². The molecule has 0 bridgehead atoms. The maximum absolute atomic E-state index is 12.5. The summed E-state index contributed by atoms with van der Waals surface area (Å²) in [5, 5.41) is 3.13. The van der Waals surface area contributed by atoms with Gasteiger partial charge in [-0.05, 0) is 42.5 Å². The first-order valence-electron chi connectivity index (χ1n) is 9.37. The zero-order valence-corrected chi connectivity index (χ0v) is 16.4. The summed E-state index contributed by atoms with van der Waals surface area (Å²) in [6.45, 7) is 0. The smallest absolute Gasteiger partial charge is 0.220 e. The van der Waals surface area contributed by atoms with Crippen LogP contribution in [-0.4, -0.2) is 21.5 Å². The van der Waals surface area contributed by atoms with Gasteiger partial charge < -0.3 is 9.88 Å². The van der Waals surface area contributed by atoms with E-state index in [1.807, 2.05) is 12.4 Å². The van der Waals surface area contributed by atoms with Gasteiger partial charge in [-0.2, -0.15) is 0 Å². The molecule has 1 atom stereocenters. The molecule has 1 amide bonds. The highest BCUT2D eigenvalue weighted by molar-refractivity contribution is 9.10. The van der Waals surface area contributed by atoms with Crippen LogP contribution in [-0.2, 0) is 10.3 Å². The van der Waals surface area contributed by atoms with Gasteiger partial charge in [-0.3, -0.25) is 4.79 Å². The van der Waals surface area contributed by atoms with Crippen LogP contribution in [0.1, 0.15) is 36.8 Å². The fourth-order valence-corrected chi connectivity index (χ4v) is 4.49. The first-order valence-corrected chi connectivity index (χ1v) is 10.2. The molecule has 0 saturated heterocycles. The van der Waals surface area contributed by atoms with Crippen molar-refractivity contribution in [1.29, 1.82) is 0 Å². The van der Waals surface area contributed by atoms with E-state index in [1.165, 1.54) is 11.1 Å². The number of aromatic nitrogens is 2. The van der Waals surface area contributed by atoms with Crippen molar-refractivity contribution in [3.05, 3.63) is 76.5 Å². The van der Waals surface area contributed by atoms with Gasteiger partial charge in [0.25, 0.3) is 0 Å². The summed E-state index contributed by atoms with van der Waals surface area (Å²) < 4.78 is 3.29. The molecular formula is C22H20BrN3O. The molecule has 5 rings (SSSR count). The second-order valence-corrected chi connectivity index (χ2v) is 8.29. The van der Waals surface area contributed by atoms with Gasteiger partial charge in [0.15, 0.2) is 0 Å². The Morgan fingerprint density at radius 2 is 1.96 bits per heavy atom. The van der Waals surface area contributed by atoms with Gasteiger partial charge in [-0.1, -0.05) is 52.3 Å². The first-order chi connectivity index (χ1) is 13.2. The Hall–Kier alpha value is -2.40. The third-order valence-corrected chi connectivity index (χ3v) is 6.17. The summed E-state index contributed by atoms with van der Waals surface area (Å²) in [4.78, 5) is 17.1. The Bertz CT molecular complexity index is 1010. The van der Waals surface area contributed by atoms with Gasteiger partial charge in [-0.25, -0.2) is 4.98 Å². The lowest BCUT2D eigenvalue weighted by Gasteiger charge is -2.33. The second-order valence-electron chi connectivity index (χ2n) is 7.38. The van der Waals surface area contributed by atoms with Gasteiger partial charge in [0.05, 0.1) is 5.54 Å². The van der Waals surface area contributed by atoms with Crippen molar-refractivity contribution < 1.29 is 4.79 Å². The minimum atomic E-state index is -0.413. The van der Waals surface area contributed by atoms with Crippen LogP contribution < -0.4 is 5.32 Å². The van der Waals surface area contributed by atoms with E-state index < -0.39 is 5.54 Å². The summed E-state index contributed by atoms with van der Waals surface area (Å²) in [6.07, 6.45) is 7.29. The second kappa shape index (κ2) is 6.34. The van der Waals surface area contributed by atoms with Crippen LogP contribution in [0.2, 0.25) is 0 Å². The standard InChI is InChI=1S/C22H20BrN3O/c23-16-7-5-15(6-8-16)22(12-11-20(27)25-17-9-10-17)19-4-2-1-3-18(19)21-24-13-14-26(21)22/h1-8,13-14,17H,9-12H2,(H,25,27). The highest BCUT2D eigenvalue weighted by atomic mass is 79.9. The SMILES string of the molecule is O=C(CCC1(c2ccc(Br)cc2)c2ccccc2-c2nccn21)NC1CC1. The van der Waals surface area contributed by atoms with Crippen LogP contribution in [0.15, 0.2) is 65.4 Å². The number of halogens is 1. The number of hydrogen-bond donors (Lipinski definition) is 1. The van der Waals surface area contributed by atoms with Gasteiger partial charge in [0.1, 0.15) is 5.82 Å². The molecule has 0 spiro atoms. The topological polar surface area (TPSA) is 46.9 Å². The molecule has 1 fully saturated rings. The molecule has 1 aromatic heterocycles. The summed E-state index contributed by atoms with van der Waals surface area (Å²) >= 11 is 3.54. The lowest BCUT2D eigenvalue weighted by molar-refractivity contribution is -0.121. The lowest BCUT2D eigenvalue weighted by Crippen LogP contribution is -2.35. The molecular weight excluding hydrogens is 402 g/mol. The summed E-state index contributed by atoms with van der Waals surface area (Å²) in [7, 11) is 0. The minimum Gasteiger partial charge on any atom is -0.353 e. The number of imidazole rings is 1. The monoisotopic (exact) mass is 421 g/mol. The Balaban J connectivity index is 1.62. The number of rotatable bonds is 5. The van der Waals surface area contributed by atoms with E-state index in [9.17, 15) is 4.79 Å². The third-order valence-electron chi connectivity index (χ3n) is 5.64. The number of hydrogen-bond acceptors (Lipinski definition) is 2. The molecule has 1 aliphatic carbocycles. The molecule has 1 N–H and O–H groups in total. The highest BCUT2D eigenvalue weighted by Gasteiger charge is 2.44. The minimum absolute atomic E-state index is 0.139. The normalized spacial score (nSPS) is 20.2. The van der Waals surface area contributed by atoms with Crippen molar-refractivity contribution in [3.8, 4) is 11.4 Å². The molecule has 1 aliphatic heterocycles. The molecule has 4 nitrogen and oxygen atoms in total. The van der Waals surface area contributed by atoms with Crippen LogP contribution in [0.4, 0.5) is 0 Å². The molecule has 1 unspecified atom stereocenters. The molecule has 2 aromatic carbocycles. The average molecular weight is 422 g/mol. The molecule has 3 aromatic rings. The maximum atomic E-state index is 12.5. The van der Waals surface area contributed by atoms with Crippen molar-refractivity contribution in [2.75, 3.05) is 0 Å². The maximum Gasteiger partial charge on any atom is 0.220 e. The summed E-state index contributed by atoms with van der Waals surface area (Å²) in [6, 6.07) is 17.2. The van der Waals surface area contributed by atoms with Crippen molar-refractivity contribution in [2.45, 2.75) is 37.3 Å². The van der Waals surface area contributed by atoms with Gasteiger partial charge >= 0.3 is 0 Å². The summed E-state index contributed by atoms with van der Waals surface area (Å²) in [5.74, 6) is 1.11. The number of nitrogens with zero attached hydrogens (tertiary/aromatic N) is 2. The van der Waals surface area contributed by atoms with Crippen LogP contribution in [0, 0.1) is 0 Å². The number of fused-ring (bicyclic) bond motifs is 3. The quantitative estimate of drug-likeness (QED) is 0.659. The van der Waals surface area contributed by atoms with Crippen LogP contribution in [0.25, 0.3) is 11.4 Å². The van der Waals surface area contributed by atoms with Crippen molar-refractivity contribution in [1.82, 2.24) is 14.9 Å². The van der Waals surface area contributed by atoms with Gasteiger partial charge in [0.2, 0.25) is 5.91 Å². The fourth-order valence-electron chi connectivity index (χ4n) is 4.22. The number of amides is 1. The lowest BCUT2D eigenvalue weighted by atomic mass is 9.79. The molecule has 2 aliphatic rings. The van der Waals surface area contributed by atoms with E-state index in [0.717, 1.165) is 28.7 Å². The van der Waals surface area contributed by atoms with E-state index >= 15 is 0 Å². The summed E-state index contributed by atoms with van der Waals surface area (Å²) in [5.41, 5.74) is 3.13. The van der Waals surface area contributed by atoms with E-state index in [2.05, 4.69) is 79.3 Å². The van der Waals surface area contributed by atoms with Crippen LogP contribution >= 0.6 is 15.9 Å². The number of benzene rings is 2. The van der Waals surface area contributed by atoms with Crippen molar-refractivity contribution >= 4 is 21.8 Å². The average Bonchev–Trinajstić information content (AvgIpc) is 3.27. The molecule has 27 heavy (non-hydrogen) atoms. The Kier molecular flexibility index (Phi) is 3.93. The Labute approximate surface area is 166 Å². The van der Waals surface area contributed by atoms with E-state index in [-0.39, 0.29) is 5.91 Å². The zero-order valence-electron chi connectivity index (χ0n) is 14.9. The van der Waals surface area contributed by atoms with E-state index in [0.29, 0.717) is 18.9 Å². The van der Waals surface area contributed by atoms with Crippen molar-refractivity contribution in [2.24, 2.45) is 0 Å². The van der Waals surface area contributed by atoms with Gasteiger partial charge in [-0.15, -0.1) is 0 Å². The van der Waals surface area contributed by atoms with Crippen molar-refractivity contribution in [3.63, 3.8) is 0 Å². The highest BCUT2D eigenvalue weighted by Crippen LogP contribution is 2.49. The first kappa shape index (κ1) is 16.8. The number of nitrogens with one attached hydrogen (secondary N) is 1. The molecule has 0 radical (unpaired) electrons. The molecule has 136 valence electrons. The Morgan fingerprint density at radius 1 is 1.19 bits per heavy atom.